The normalized spacial score (nSPS) is 11.8. The summed E-state index contributed by atoms with van der Waals surface area (Å²) >= 11 is 8.39. The summed E-state index contributed by atoms with van der Waals surface area (Å²) in [6.45, 7) is 3.33. The number of carbonyl (C=O) groups is 2. The average Bonchev–Trinajstić information content (AvgIpc) is 2.93. The van der Waals surface area contributed by atoms with Crippen molar-refractivity contribution in [2.24, 2.45) is 0 Å². The molecule has 1 heterocycles. The molecular formula is C14H15ClN4O2S2. The fourth-order valence-electron chi connectivity index (χ4n) is 1.66. The molecule has 2 amide bonds. The van der Waals surface area contributed by atoms with Crippen molar-refractivity contribution >= 4 is 57.3 Å². The lowest BCUT2D eigenvalue weighted by molar-refractivity contribution is -0.116. The molecule has 0 spiro atoms. The van der Waals surface area contributed by atoms with Gasteiger partial charge in [0, 0.05) is 17.6 Å². The molecule has 6 nitrogen and oxygen atoms in total. The van der Waals surface area contributed by atoms with Crippen molar-refractivity contribution in [1.82, 2.24) is 10.2 Å². The van der Waals surface area contributed by atoms with E-state index in [1.165, 1.54) is 30.0 Å². The molecule has 2 rings (SSSR count). The lowest BCUT2D eigenvalue weighted by Gasteiger charge is -2.13. The number of aromatic nitrogens is 2. The number of halogens is 1. The standard InChI is InChI=1S/C14H15ClN4O2S2/c1-3-11(12(21)17-10-6-4-9(15)5-7-10)22-14-19-18-13(23-14)16-8(2)20/h4-7,11H,3H2,1-2H3,(H,17,21)(H,16,18,20)/t11-/m1/s1. The highest BCUT2D eigenvalue weighted by Gasteiger charge is 2.20. The Kier molecular flexibility index (Phi) is 6.37. The Bertz CT molecular complexity index is 690. The fourth-order valence-corrected chi connectivity index (χ4v) is 3.75. The van der Waals surface area contributed by atoms with Crippen LogP contribution in [0.15, 0.2) is 28.6 Å². The van der Waals surface area contributed by atoms with Crippen LogP contribution in [-0.4, -0.2) is 27.3 Å². The first-order chi connectivity index (χ1) is 11.0. The van der Waals surface area contributed by atoms with Gasteiger partial charge in [0.15, 0.2) is 4.34 Å². The third-order valence-corrected chi connectivity index (χ3v) is 5.25. The SMILES string of the molecule is CC[C@@H](Sc1nnc(NC(C)=O)s1)C(=O)Nc1ccc(Cl)cc1. The smallest absolute Gasteiger partial charge is 0.237 e. The molecule has 1 aromatic carbocycles. The Morgan fingerprint density at radius 1 is 1.26 bits per heavy atom. The van der Waals surface area contributed by atoms with E-state index in [2.05, 4.69) is 20.8 Å². The molecule has 0 aliphatic carbocycles. The topological polar surface area (TPSA) is 84.0 Å². The van der Waals surface area contributed by atoms with Gasteiger partial charge in [-0.25, -0.2) is 0 Å². The van der Waals surface area contributed by atoms with Crippen LogP contribution in [-0.2, 0) is 9.59 Å². The van der Waals surface area contributed by atoms with E-state index in [0.717, 1.165) is 0 Å². The van der Waals surface area contributed by atoms with Crippen molar-refractivity contribution in [3.05, 3.63) is 29.3 Å². The molecular weight excluding hydrogens is 356 g/mol. The maximum Gasteiger partial charge on any atom is 0.237 e. The van der Waals surface area contributed by atoms with Crippen LogP contribution >= 0.6 is 34.7 Å². The minimum atomic E-state index is -0.302. The van der Waals surface area contributed by atoms with E-state index in [4.69, 9.17) is 11.6 Å². The molecule has 23 heavy (non-hydrogen) atoms. The van der Waals surface area contributed by atoms with Gasteiger partial charge < -0.3 is 10.6 Å². The van der Waals surface area contributed by atoms with Crippen molar-refractivity contribution < 1.29 is 9.59 Å². The third-order valence-electron chi connectivity index (χ3n) is 2.71. The Labute approximate surface area is 147 Å². The third kappa shape index (κ3) is 5.49. The minimum Gasteiger partial charge on any atom is -0.325 e. The average molecular weight is 371 g/mol. The predicted octanol–water partition coefficient (Wildman–Crippen LogP) is 3.66. The van der Waals surface area contributed by atoms with Crippen LogP contribution < -0.4 is 10.6 Å². The summed E-state index contributed by atoms with van der Waals surface area (Å²) in [6.07, 6.45) is 0.638. The van der Waals surface area contributed by atoms with Gasteiger partial charge in [0.05, 0.1) is 5.25 Å². The lowest BCUT2D eigenvalue weighted by Crippen LogP contribution is -2.24. The zero-order valence-corrected chi connectivity index (χ0v) is 14.9. The van der Waals surface area contributed by atoms with Crippen LogP contribution in [0.2, 0.25) is 5.02 Å². The van der Waals surface area contributed by atoms with Crippen LogP contribution in [0, 0.1) is 0 Å². The lowest BCUT2D eigenvalue weighted by atomic mass is 10.3. The first kappa shape index (κ1) is 17.7. The van der Waals surface area contributed by atoms with Crippen molar-refractivity contribution in [3.8, 4) is 0 Å². The number of anilines is 2. The van der Waals surface area contributed by atoms with E-state index >= 15 is 0 Å². The van der Waals surface area contributed by atoms with Gasteiger partial charge in [0.1, 0.15) is 0 Å². The van der Waals surface area contributed by atoms with Crippen LogP contribution in [0.5, 0.6) is 0 Å². The number of nitrogens with zero attached hydrogens (tertiary/aromatic N) is 2. The van der Waals surface area contributed by atoms with E-state index in [1.807, 2.05) is 6.92 Å². The number of amides is 2. The summed E-state index contributed by atoms with van der Waals surface area (Å²) in [4.78, 5) is 23.3. The largest absolute Gasteiger partial charge is 0.325 e. The van der Waals surface area contributed by atoms with Gasteiger partial charge in [-0.05, 0) is 30.7 Å². The first-order valence-corrected chi connectivity index (χ1v) is 8.89. The highest BCUT2D eigenvalue weighted by atomic mass is 35.5. The van der Waals surface area contributed by atoms with Crippen LogP contribution in [0.3, 0.4) is 0 Å². The van der Waals surface area contributed by atoms with Crippen LogP contribution in [0.25, 0.3) is 0 Å². The van der Waals surface area contributed by atoms with Gasteiger partial charge in [-0.1, -0.05) is 41.6 Å². The molecule has 1 atom stereocenters. The van der Waals surface area contributed by atoms with E-state index in [9.17, 15) is 9.59 Å². The molecule has 0 aliphatic rings. The number of thioether (sulfide) groups is 1. The molecule has 0 saturated heterocycles. The molecule has 2 N–H and O–H groups in total. The summed E-state index contributed by atoms with van der Waals surface area (Å²) in [5, 5.41) is 14.0. The zero-order chi connectivity index (χ0) is 16.8. The Morgan fingerprint density at radius 3 is 2.57 bits per heavy atom. The first-order valence-electron chi connectivity index (χ1n) is 6.82. The van der Waals surface area contributed by atoms with Gasteiger partial charge in [-0.3, -0.25) is 9.59 Å². The van der Waals surface area contributed by atoms with Gasteiger partial charge in [-0.15, -0.1) is 10.2 Å². The second-order valence-electron chi connectivity index (χ2n) is 4.57. The van der Waals surface area contributed by atoms with Crippen molar-refractivity contribution in [2.75, 3.05) is 10.6 Å². The highest BCUT2D eigenvalue weighted by molar-refractivity contribution is 8.02. The van der Waals surface area contributed by atoms with E-state index in [1.54, 1.807) is 24.3 Å². The van der Waals surface area contributed by atoms with Gasteiger partial charge >= 0.3 is 0 Å². The number of hydrogen-bond acceptors (Lipinski definition) is 6. The van der Waals surface area contributed by atoms with Crippen molar-refractivity contribution in [2.45, 2.75) is 29.9 Å². The van der Waals surface area contributed by atoms with Gasteiger partial charge in [0.2, 0.25) is 16.9 Å². The minimum absolute atomic E-state index is 0.115. The van der Waals surface area contributed by atoms with Gasteiger partial charge in [-0.2, -0.15) is 0 Å². The Balaban J connectivity index is 1.98. The number of carbonyl (C=O) groups excluding carboxylic acids is 2. The molecule has 0 bridgehead atoms. The van der Waals surface area contributed by atoms with E-state index in [0.29, 0.717) is 26.6 Å². The Morgan fingerprint density at radius 2 is 1.96 bits per heavy atom. The molecule has 0 unspecified atom stereocenters. The highest BCUT2D eigenvalue weighted by Crippen LogP contribution is 2.31. The van der Waals surface area contributed by atoms with Crippen LogP contribution in [0.4, 0.5) is 10.8 Å². The van der Waals surface area contributed by atoms with Crippen LogP contribution in [0.1, 0.15) is 20.3 Å². The number of benzene rings is 1. The molecule has 0 fully saturated rings. The predicted molar refractivity (Wildman–Crippen MR) is 94.2 cm³/mol. The quantitative estimate of drug-likeness (QED) is 0.598. The maximum atomic E-state index is 12.3. The summed E-state index contributed by atoms with van der Waals surface area (Å²) in [7, 11) is 0. The van der Waals surface area contributed by atoms with Gasteiger partial charge in [0.25, 0.3) is 0 Å². The number of hydrogen-bond donors (Lipinski definition) is 2. The molecule has 0 saturated carbocycles. The zero-order valence-electron chi connectivity index (χ0n) is 12.5. The Hall–Kier alpha value is -1.64. The van der Waals surface area contributed by atoms with Crippen molar-refractivity contribution in [1.29, 1.82) is 0 Å². The summed E-state index contributed by atoms with van der Waals surface area (Å²) in [6, 6.07) is 6.93. The second-order valence-corrected chi connectivity index (χ2v) is 7.43. The monoisotopic (exact) mass is 370 g/mol. The van der Waals surface area contributed by atoms with E-state index in [-0.39, 0.29) is 17.1 Å². The number of rotatable bonds is 6. The summed E-state index contributed by atoms with van der Waals surface area (Å²) in [5.74, 6) is -0.318. The molecule has 0 radical (unpaired) electrons. The maximum absolute atomic E-state index is 12.3. The van der Waals surface area contributed by atoms with Crippen molar-refractivity contribution in [3.63, 3.8) is 0 Å². The molecule has 9 heteroatoms. The molecule has 2 aromatic rings. The molecule has 1 aromatic heterocycles. The molecule has 0 aliphatic heterocycles. The number of nitrogens with one attached hydrogen (secondary N) is 2. The van der Waals surface area contributed by atoms with E-state index < -0.39 is 0 Å². The summed E-state index contributed by atoms with van der Waals surface area (Å²) < 4.78 is 0.631. The fraction of sp³-hybridized carbons (Fsp3) is 0.286. The molecule has 122 valence electrons. The summed E-state index contributed by atoms with van der Waals surface area (Å²) in [5.41, 5.74) is 0.689. The second kappa shape index (κ2) is 8.28.